The minimum Gasteiger partial charge on any atom is -0.396 e. The fourth-order valence-electron chi connectivity index (χ4n) is 1.46. The molecule has 1 aliphatic carbocycles. The molecule has 1 rings (SSSR count). The van der Waals surface area contributed by atoms with Crippen molar-refractivity contribution in [2.75, 3.05) is 13.2 Å². The van der Waals surface area contributed by atoms with Crippen LogP contribution in [0.1, 0.15) is 57.8 Å². The van der Waals surface area contributed by atoms with Gasteiger partial charge < -0.3 is 10.2 Å². The second-order valence-corrected chi connectivity index (χ2v) is 3.63. The molecule has 0 aromatic carbocycles. The summed E-state index contributed by atoms with van der Waals surface area (Å²) in [6, 6.07) is 0. The highest BCUT2D eigenvalue weighted by Crippen LogP contribution is 2.15. The van der Waals surface area contributed by atoms with Gasteiger partial charge in [-0.05, 0) is 19.3 Å². The number of aliphatic hydroxyl groups is 2. The van der Waals surface area contributed by atoms with Crippen LogP contribution in [0.3, 0.4) is 0 Å². The van der Waals surface area contributed by atoms with Crippen molar-refractivity contribution in [2.45, 2.75) is 57.8 Å². The fourth-order valence-corrected chi connectivity index (χ4v) is 1.46. The molecule has 0 heterocycles. The van der Waals surface area contributed by atoms with Gasteiger partial charge in [-0.1, -0.05) is 38.5 Å². The van der Waals surface area contributed by atoms with E-state index in [0.717, 1.165) is 19.3 Å². The minimum atomic E-state index is 0.250. The van der Waals surface area contributed by atoms with Crippen molar-refractivity contribution in [2.24, 2.45) is 0 Å². The van der Waals surface area contributed by atoms with Crippen molar-refractivity contribution in [3.8, 4) is 0 Å². The third-order valence-electron chi connectivity index (χ3n) is 2.32. The van der Waals surface area contributed by atoms with Crippen LogP contribution in [-0.4, -0.2) is 23.4 Å². The van der Waals surface area contributed by atoms with Crippen molar-refractivity contribution in [1.82, 2.24) is 0 Å². The molecular weight excluding hydrogens is 164 g/mol. The Balaban J connectivity index is 0.000000223. The molecule has 0 unspecified atom stereocenters. The Morgan fingerprint density at radius 2 is 0.846 bits per heavy atom. The van der Waals surface area contributed by atoms with Crippen molar-refractivity contribution >= 4 is 0 Å². The first-order valence-electron chi connectivity index (χ1n) is 5.63. The predicted octanol–water partition coefficient (Wildman–Crippen LogP) is 2.48. The molecule has 0 aliphatic heterocycles. The molecule has 1 saturated carbocycles. The summed E-state index contributed by atoms with van der Waals surface area (Å²) in [5.74, 6) is 0. The molecule has 2 heteroatoms. The van der Waals surface area contributed by atoms with Gasteiger partial charge in [-0.2, -0.15) is 0 Å². The molecule has 0 aromatic heterocycles. The van der Waals surface area contributed by atoms with E-state index in [-0.39, 0.29) is 13.2 Å². The van der Waals surface area contributed by atoms with Gasteiger partial charge in [0.2, 0.25) is 0 Å². The normalized spacial score (nSPS) is 16.2. The van der Waals surface area contributed by atoms with Crippen LogP contribution in [0.4, 0.5) is 0 Å². The quantitative estimate of drug-likeness (QED) is 0.665. The zero-order valence-electron chi connectivity index (χ0n) is 8.67. The predicted molar refractivity (Wildman–Crippen MR) is 55.7 cm³/mol. The van der Waals surface area contributed by atoms with Gasteiger partial charge in [-0.3, -0.25) is 0 Å². The summed E-state index contributed by atoms with van der Waals surface area (Å²) in [6.45, 7) is 0.500. The van der Waals surface area contributed by atoms with Gasteiger partial charge in [0, 0.05) is 13.2 Å². The lowest BCUT2D eigenvalue weighted by molar-refractivity contribution is 0.257. The second-order valence-electron chi connectivity index (χ2n) is 3.63. The molecule has 1 aliphatic rings. The van der Waals surface area contributed by atoms with Crippen LogP contribution in [0.25, 0.3) is 0 Å². The first-order chi connectivity index (χ1) is 6.41. The van der Waals surface area contributed by atoms with Crippen molar-refractivity contribution < 1.29 is 10.2 Å². The summed E-state index contributed by atoms with van der Waals surface area (Å²) in [5, 5.41) is 16.4. The molecule has 2 N–H and O–H groups in total. The van der Waals surface area contributed by atoms with E-state index in [1.165, 1.54) is 38.5 Å². The number of hydrogen-bond donors (Lipinski definition) is 2. The van der Waals surface area contributed by atoms with E-state index < -0.39 is 0 Å². The van der Waals surface area contributed by atoms with Crippen LogP contribution in [0.15, 0.2) is 0 Å². The van der Waals surface area contributed by atoms with Gasteiger partial charge in [0.1, 0.15) is 0 Å². The summed E-state index contributed by atoms with van der Waals surface area (Å²) < 4.78 is 0. The Kier molecular flexibility index (Phi) is 11.8. The summed E-state index contributed by atoms with van der Waals surface area (Å²) >= 11 is 0. The van der Waals surface area contributed by atoms with Gasteiger partial charge in [0.15, 0.2) is 0 Å². The zero-order chi connectivity index (χ0) is 9.78. The van der Waals surface area contributed by atoms with Crippen LogP contribution < -0.4 is 0 Å². The van der Waals surface area contributed by atoms with E-state index in [2.05, 4.69) is 0 Å². The van der Waals surface area contributed by atoms with E-state index in [4.69, 9.17) is 10.2 Å². The topological polar surface area (TPSA) is 40.5 Å². The number of hydrogen-bond acceptors (Lipinski definition) is 2. The van der Waals surface area contributed by atoms with E-state index in [1.807, 2.05) is 0 Å². The molecule has 13 heavy (non-hydrogen) atoms. The summed E-state index contributed by atoms with van der Waals surface area (Å²) in [5.41, 5.74) is 0. The molecule has 0 bridgehead atoms. The molecule has 80 valence electrons. The molecular formula is C11H24O2. The first kappa shape index (κ1) is 12.9. The smallest absolute Gasteiger partial charge is 0.0431 e. The van der Waals surface area contributed by atoms with Gasteiger partial charge in [-0.25, -0.2) is 0 Å². The van der Waals surface area contributed by atoms with Gasteiger partial charge in [0.05, 0.1) is 0 Å². The van der Waals surface area contributed by atoms with Crippen LogP contribution in [0.5, 0.6) is 0 Å². The third kappa shape index (κ3) is 11.9. The Morgan fingerprint density at radius 1 is 0.538 bits per heavy atom. The average Bonchev–Trinajstić information content (AvgIpc) is 2.22. The summed E-state index contributed by atoms with van der Waals surface area (Å²) in [6.07, 6.45) is 11.6. The lowest BCUT2D eigenvalue weighted by Gasteiger charge is -2.05. The fraction of sp³-hybridized carbons (Fsp3) is 1.00. The first-order valence-corrected chi connectivity index (χ1v) is 5.63. The number of unbranched alkanes of at least 4 members (excludes halogenated alkanes) is 2. The maximum absolute atomic E-state index is 8.21. The maximum Gasteiger partial charge on any atom is 0.0431 e. The monoisotopic (exact) mass is 188 g/mol. The standard InChI is InChI=1S/C6H12.C5H12O2/c1-2-4-6-5-3-1;6-4-2-1-3-5-7/h1-6H2;6-7H,1-5H2. The third-order valence-corrected chi connectivity index (χ3v) is 2.32. The highest BCUT2D eigenvalue weighted by molar-refractivity contribution is 4.51. The van der Waals surface area contributed by atoms with Gasteiger partial charge in [0.25, 0.3) is 0 Å². The van der Waals surface area contributed by atoms with Crippen molar-refractivity contribution in [3.05, 3.63) is 0 Å². The molecule has 0 radical (unpaired) electrons. The Morgan fingerprint density at radius 3 is 1.08 bits per heavy atom. The van der Waals surface area contributed by atoms with E-state index in [9.17, 15) is 0 Å². The Hall–Kier alpha value is -0.0800. The summed E-state index contributed by atoms with van der Waals surface area (Å²) in [7, 11) is 0. The van der Waals surface area contributed by atoms with Crippen molar-refractivity contribution in [1.29, 1.82) is 0 Å². The van der Waals surface area contributed by atoms with E-state index in [0.29, 0.717) is 0 Å². The lowest BCUT2D eigenvalue weighted by atomic mass is 10.0. The zero-order valence-corrected chi connectivity index (χ0v) is 8.67. The van der Waals surface area contributed by atoms with Crippen LogP contribution in [0, 0.1) is 0 Å². The molecule has 0 aromatic rings. The highest BCUT2D eigenvalue weighted by Gasteiger charge is 1.95. The van der Waals surface area contributed by atoms with E-state index in [1.54, 1.807) is 0 Å². The number of aliphatic hydroxyl groups excluding tert-OH is 2. The molecule has 0 saturated heterocycles. The molecule has 0 atom stereocenters. The van der Waals surface area contributed by atoms with Gasteiger partial charge in [-0.15, -0.1) is 0 Å². The average molecular weight is 188 g/mol. The van der Waals surface area contributed by atoms with Crippen molar-refractivity contribution in [3.63, 3.8) is 0 Å². The lowest BCUT2D eigenvalue weighted by Crippen LogP contribution is -1.85. The Bertz CT molecular complexity index is 64.6. The minimum absolute atomic E-state index is 0.250. The number of rotatable bonds is 4. The van der Waals surface area contributed by atoms with Gasteiger partial charge >= 0.3 is 0 Å². The molecule has 1 fully saturated rings. The Labute approximate surface area is 82.0 Å². The maximum atomic E-state index is 8.21. The molecule has 2 nitrogen and oxygen atoms in total. The summed E-state index contributed by atoms with van der Waals surface area (Å²) in [4.78, 5) is 0. The van der Waals surface area contributed by atoms with Crippen LogP contribution in [0.2, 0.25) is 0 Å². The highest BCUT2D eigenvalue weighted by atomic mass is 16.3. The largest absolute Gasteiger partial charge is 0.396 e. The second kappa shape index (κ2) is 11.9. The van der Waals surface area contributed by atoms with Crippen LogP contribution in [-0.2, 0) is 0 Å². The van der Waals surface area contributed by atoms with E-state index >= 15 is 0 Å². The molecule has 0 spiro atoms. The van der Waals surface area contributed by atoms with Crippen LogP contribution >= 0.6 is 0 Å². The SMILES string of the molecule is C1CCCCC1.OCCCCCO. The molecule has 0 amide bonds.